The molecule has 6 nitrogen and oxygen atoms in total. The molecule has 0 spiro atoms. The average molecular weight is 262 g/mol. The molecule has 0 aliphatic carbocycles. The maximum atomic E-state index is 11.6. The monoisotopic (exact) mass is 262 g/mol. The minimum absolute atomic E-state index is 0.0825. The molecule has 1 atom stereocenters. The van der Waals surface area contributed by atoms with E-state index in [2.05, 4.69) is 0 Å². The Bertz CT molecular complexity index is 405. The summed E-state index contributed by atoms with van der Waals surface area (Å²) in [7, 11) is -3.53. The van der Waals surface area contributed by atoms with Crippen molar-refractivity contribution in [3.05, 3.63) is 0 Å². The molecule has 0 aromatic rings. The van der Waals surface area contributed by atoms with Gasteiger partial charge in [-0.2, -0.15) is 0 Å². The molecule has 1 aliphatic rings. The Morgan fingerprint density at radius 2 is 2.12 bits per heavy atom. The van der Waals surface area contributed by atoms with E-state index in [1.807, 2.05) is 11.6 Å². The number of amides is 2. The second-order valence-electron chi connectivity index (χ2n) is 4.11. The van der Waals surface area contributed by atoms with Crippen molar-refractivity contribution >= 4 is 21.8 Å². The third-order valence-corrected chi connectivity index (χ3v) is 3.99. The van der Waals surface area contributed by atoms with Crippen molar-refractivity contribution in [3.63, 3.8) is 0 Å². The predicted molar refractivity (Wildman–Crippen MR) is 62.6 cm³/mol. The van der Waals surface area contributed by atoms with Crippen LogP contribution in [0.3, 0.4) is 0 Å². The molecule has 98 valence electrons. The summed E-state index contributed by atoms with van der Waals surface area (Å²) in [6.45, 7) is 4.34. The van der Waals surface area contributed by atoms with Crippen LogP contribution in [0.5, 0.6) is 0 Å². The number of hydrogen-bond donors (Lipinski definition) is 1. The smallest absolute Gasteiger partial charge is 0.238 e. The Morgan fingerprint density at radius 3 is 2.65 bits per heavy atom. The van der Waals surface area contributed by atoms with Gasteiger partial charge in [-0.1, -0.05) is 6.92 Å². The quantitative estimate of drug-likeness (QED) is 0.738. The third kappa shape index (κ3) is 3.69. The maximum Gasteiger partial charge on any atom is 0.238 e. The topological polar surface area (TPSA) is 83.6 Å². The number of rotatable bonds is 5. The van der Waals surface area contributed by atoms with Crippen LogP contribution in [0, 0.1) is 5.92 Å². The molecule has 1 unspecified atom stereocenters. The minimum Gasteiger partial charge on any atom is -0.342 e. The lowest BCUT2D eigenvalue weighted by molar-refractivity contribution is -0.128. The number of carbonyl (C=O) groups excluding carboxylic acids is 2. The Balaban J connectivity index is 2.59. The van der Waals surface area contributed by atoms with E-state index in [-0.39, 0.29) is 18.1 Å². The van der Waals surface area contributed by atoms with Gasteiger partial charge in [0.15, 0.2) is 0 Å². The number of sulfonamides is 1. The Hall–Kier alpha value is -1.11. The van der Waals surface area contributed by atoms with Gasteiger partial charge in [0.05, 0.1) is 11.7 Å². The largest absolute Gasteiger partial charge is 0.342 e. The summed E-state index contributed by atoms with van der Waals surface area (Å²) in [4.78, 5) is 24.8. The molecule has 0 aromatic heterocycles. The van der Waals surface area contributed by atoms with Crippen LogP contribution in [-0.4, -0.2) is 44.0 Å². The standard InChI is InChI=1S/C10H18N2O4S/c1-3-5-12-7-8(6-9(12)13)10(14)11-17(15,16)4-2/h8H,3-7H2,1-2H3,(H,11,14). The number of hydrogen-bond acceptors (Lipinski definition) is 4. The van der Waals surface area contributed by atoms with Gasteiger partial charge in [-0.05, 0) is 13.3 Å². The highest BCUT2D eigenvalue weighted by atomic mass is 32.2. The summed E-state index contributed by atoms with van der Waals surface area (Å²) >= 11 is 0. The molecule has 1 N–H and O–H groups in total. The van der Waals surface area contributed by atoms with E-state index in [0.717, 1.165) is 6.42 Å². The van der Waals surface area contributed by atoms with Crippen LogP contribution in [-0.2, 0) is 19.6 Å². The first kappa shape index (κ1) is 14.0. The van der Waals surface area contributed by atoms with E-state index in [9.17, 15) is 18.0 Å². The molecule has 1 fully saturated rings. The molecule has 2 amide bonds. The first-order valence-electron chi connectivity index (χ1n) is 5.71. The van der Waals surface area contributed by atoms with E-state index in [0.29, 0.717) is 13.1 Å². The van der Waals surface area contributed by atoms with Gasteiger partial charge in [0, 0.05) is 19.5 Å². The van der Waals surface area contributed by atoms with Crippen LogP contribution in [0.15, 0.2) is 0 Å². The first-order valence-corrected chi connectivity index (χ1v) is 7.37. The lowest BCUT2D eigenvalue weighted by atomic mass is 10.1. The van der Waals surface area contributed by atoms with Gasteiger partial charge in [-0.25, -0.2) is 8.42 Å². The molecule has 17 heavy (non-hydrogen) atoms. The molecule has 0 bridgehead atoms. The van der Waals surface area contributed by atoms with Crippen molar-refractivity contribution in [1.82, 2.24) is 9.62 Å². The van der Waals surface area contributed by atoms with Gasteiger partial charge < -0.3 is 4.90 Å². The van der Waals surface area contributed by atoms with Gasteiger partial charge in [0.2, 0.25) is 21.8 Å². The number of nitrogens with one attached hydrogen (secondary N) is 1. The SMILES string of the molecule is CCCN1CC(C(=O)NS(=O)(=O)CC)CC1=O. The molecule has 0 radical (unpaired) electrons. The average Bonchev–Trinajstić information content (AvgIpc) is 2.61. The zero-order valence-electron chi connectivity index (χ0n) is 10.1. The Kier molecular flexibility index (Phi) is 4.50. The zero-order chi connectivity index (χ0) is 13.1. The summed E-state index contributed by atoms with van der Waals surface area (Å²) in [5, 5.41) is 0. The summed E-state index contributed by atoms with van der Waals surface area (Å²) in [5.41, 5.74) is 0. The third-order valence-electron chi connectivity index (χ3n) is 2.71. The molecule has 1 saturated heterocycles. The number of likely N-dealkylation sites (tertiary alicyclic amines) is 1. The van der Waals surface area contributed by atoms with Gasteiger partial charge >= 0.3 is 0 Å². The van der Waals surface area contributed by atoms with E-state index in [1.165, 1.54) is 6.92 Å². The van der Waals surface area contributed by atoms with Crippen molar-refractivity contribution in [1.29, 1.82) is 0 Å². The van der Waals surface area contributed by atoms with E-state index >= 15 is 0 Å². The molecule has 0 aromatic carbocycles. The highest BCUT2D eigenvalue weighted by Gasteiger charge is 2.34. The molecule has 7 heteroatoms. The van der Waals surface area contributed by atoms with Crippen LogP contribution in [0.4, 0.5) is 0 Å². The van der Waals surface area contributed by atoms with Crippen molar-refractivity contribution in [2.75, 3.05) is 18.8 Å². The van der Waals surface area contributed by atoms with Crippen molar-refractivity contribution < 1.29 is 18.0 Å². The molecule has 1 aliphatic heterocycles. The highest BCUT2D eigenvalue weighted by molar-refractivity contribution is 7.90. The lowest BCUT2D eigenvalue weighted by Gasteiger charge is -2.15. The van der Waals surface area contributed by atoms with Gasteiger partial charge in [0.25, 0.3) is 0 Å². The van der Waals surface area contributed by atoms with E-state index < -0.39 is 21.8 Å². The predicted octanol–water partition coefficient (Wildman–Crippen LogP) is -0.289. The van der Waals surface area contributed by atoms with Gasteiger partial charge in [-0.15, -0.1) is 0 Å². The maximum absolute atomic E-state index is 11.6. The second-order valence-corrected chi connectivity index (χ2v) is 6.12. The van der Waals surface area contributed by atoms with Crippen LogP contribution >= 0.6 is 0 Å². The minimum atomic E-state index is -3.53. The Labute approximate surface area is 101 Å². The van der Waals surface area contributed by atoms with E-state index in [4.69, 9.17) is 0 Å². The lowest BCUT2D eigenvalue weighted by Crippen LogP contribution is -2.37. The molecule has 1 heterocycles. The molecule has 0 saturated carbocycles. The number of carbonyl (C=O) groups is 2. The normalized spacial score (nSPS) is 20.7. The molecular formula is C10H18N2O4S. The van der Waals surface area contributed by atoms with Gasteiger partial charge in [-0.3, -0.25) is 14.3 Å². The fraction of sp³-hybridized carbons (Fsp3) is 0.800. The fourth-order valence-electron chi connectivity index (χ4n) is 1.74. The van der Waals surface area contributed by atoms with Gasteiger partial charge in [0.1, 0.15) is 0 Å². The van der Waals surface area contributed by atoms with Crippen molar-refractivity contribution in [2.45, 2.75) is 26.7 Å². The summed E-state index contributed by atoms with van der Waals surface area (Å²) in [6, 6.07) is 0. The van der Waals surface area contributed by atoms with Crippen molar-refractivity contribution in [2.24, 2.45) is 5.92 Å². The number of nitrogens with zero attached hydrogens (tertiary/aromatic N) is 1. The summed E-state index contributed by atoms with van der Waals surface area (Å²) in [5.74, 6) is -1.34. The first-order chi connectivity index (χ1) is 7.89. The zero-order valence-corrected chi connectivity index (χ0v) is 10.9. The second kappa shape index (κ2) is 5.48. The van der Waals surface area contributed by atoms with Crippen LogP contribution in [0.1, 0.15) is 26.7 Å². The summed E-state index contributed by atoms with van der Waals surface area (Å²) in [6.07, 6.45) is 0.929. The fourth-order valence-corrected chi connectivity index (χ4v) is 2.36. The van der Waals surface area contributed by atoms with Crippen molar-refractivity contribution in [3.8, 4) is 0 Å². The van der Waals surface area contributed by atoms with Crippen LogP contribution in [0.2, 0.25) is 0 Å². The molecule has 1 rings (SSSR count). The highest BCUT2D eigenvalue weighted by Crippen LogP contribution is 2.18. The molecular weight excluding hydrogens is 244 g/mol. The Morgan fingerprint density at radius 1 is 1.47 bits per heavy atom. The van der Waals surface area contributed by atoms with Crippen LogP contribution < -0.4 is 4.72 Å². The van der Waals surface area contributed by atoms with Crippen LogP contribution in [0.25, 0.3) is 0 Å². The summed E-state index contributed by atoms with van der Waals surface area (Å²) < 4.78 is 24.4. The van der Waals surface area contributed by atoms with E-state index in [1.54, 1.807) is 4.90 Å².